The summed E-state index contributed by atoms with van der Waals surface area (Å²) in [5.74, 6) is 0.317. The lowest BCUT2D eigenvalue weighted by molar-refractivity contribution is 0.301. The molecule has 0 aromatic heterocycles. The number of hydrogen-bond donors (Lipinski definition) is 3. The van der Waals surface area contributed by atoms with Gasteiger partial charge >= 0.3 is 0 Å². The monoisotopic (exact) mass is 280 g/mol. The first kappa shape index (κ1) is 16.8. The van der Waals surface area contributed by atoms with Crippen LogP contribution in [0.4, 0.5) is 5.69 Å². The first-order valence-corrected chi connectivity index (χ1v) is 7.56. The molecule has 1 unspecified atom stereocenters. The van der Waals surface area contributed by atoms with Gasteiger partial charge < -0.3 is 20.4 Å². The Labute approximate surface area is 122 Å². The second kappa shape index (κ2) is 8.82. The van der Waals surface area contributed by atoms with Crippen LogP contribution in [0, 0.1) is 0 Å². The molecule has 0 bridgehead atoms. The van der Waals surface area contributed by atoms with E-state index >= 15 is 0 Å². The highest BCUT2D eigenvalue weighted by molar-refractivity contribution is 5.54. The second-order valence-corrected chi connectivity index (χ2v) is 5.13. The average molecular weight is 280 g/mol. The van der Waals surface area contributed by atoms with Crippen LogP contribution in [0.3, 0.4) is 0 Å². The molecule has 0 radical (unpaired) electrons. The predicted octanol–water partition coefficient (Wildman–Crippen LogP) is 2.66. The lowest BCUT2D eigenvalue weighted by Gasteiger charge is -2.24. The highest BCUT2D eigenvalue weighted by Gasteiger charge is 2.12. The van der Waals surface area contributed by atoms with Gasteiger partial charge in [0.2, 0.25) is 0 Å². The molecule has 0 fully saturated rings. The molecule has 0 saturated carbocycles. The number of benzene rings is 1. The third-order valence-corrected chi connectivity index (χ3v) is 3.41. The summed E-state index contributed by atoms with van der Waals surface area (Å²) in [6, 6.07) is 5.93. The molecule has 0 saturated heterocycles. The topological polar surface area (TPSA) is 55.7 Å². The number of aliphatic hydroxyl groups excluding tert-OH is 1. The SMILES string of the molecule is CCCNC(C)c1ccc(N(CCC)CCO)cc1O. The summed E-state index contributed by atoms with van der Waals surface area (Å²) in [6.07, 6.45) is 2.08. The third-order valence-electron chi connectivity index (χ3n) is 3.41. The normalized spacial score (nSPS) is 12.4. The maximum atomic E-state index is 10.2. The molecule has 20 heavy (non-hydrogen) atoms. The fraction of sp³-hybridized carbons (Fsp3) is 0.625. The van der Waals surface area contributed by atoms with Crippen molar-refractivity contribution in [1.29, 1.82) is 0 Å². The van der Waals surface area contributed by atoms with Gasteiger partial charge in [-0.3, -0.25) is 0 Å². The number of phenols is 1. The smallest absolute Gasteiger partial charge is 0.122 e. The first-order chi connectivity index (χ1) is 9.63. The van der Waals surface area contributed by atoms with Crippen LogP contribution in [-0.2, 0) is 0 Å². The van der Waals surface area contributed by atoms with Gasteiger partial charge in [-0.25, -0.2) is 0 Å². The maximum Gasteiger partial charge on any atom is 0.122 e. The van der Waals surface area contributed by atoms with Gasteiger partial charge in [0.05, 0.1) is 6.61 Å². The van der Waals surface area contributed by atoms with Crippen molar-refractivity contribution in [2.24, 2.45) is 0 Å². The number of anilines is 1. The molecule has 0 amide bonds. The summed E-state index contributed by atoms with van der Waals surface area (Å²) in [5.41, 5.74) is 1.88. The van der Waals surface area contributed by atoms with E-state index in [2.05, 4.69) is 31.0 Å². The van der Waals surface area contributed by atoms with E-state index in [9.17, 15) is 5.11 Å². The van der Waals surface area contributed by atoms with Crippen molar-refractivity contribution >= 4 is 5.69 Å². The summed E-state index contributed by atoms with van der Waals surface area (Å²) in [5, 5.41) is 22.7. The Morgan fingerprint density at radius 2 is 1.95 bits per heavy atom. The van der Waals surface area contributed by atoms with Gasteiger partial charge in [-0.15, -0.1) is 0 Å². The van der Waals surface area contributed by atoms with Crippen LogP contribution in [0.15, 0.2) is 18.2 Å². The van der Waals surface area contributed by atoms with E-state index in [1.165, 1.54) is 0 Å². The van der Waals surface area contributed by atoms with Crippen LogP contribution in [0.25, 0.3) is 0 Å². The summed E-state index contributed by atoms with van der Waals surface area (Å²) in [6.45, 7) is 8.82. The molecular formula is C16H28N2O2. The highest BCUT2D eigenvalue weighted by Crippen LogP contribution is 2.29. The molecule has 0 spiro atoms. The molecule has 4 nitrogen and oxygen atoms in total. The van der Waals surface area contributed by atoms with Crippen molar-refractivity contribution in [2.75, 3.05) is 31.1 Å². The quantitative estimate of drug-likeness (QED) is 0.651. The standard InChI is InChI=1S/C16H28N2O2/c1-4-8-17-13(3)15-7-6-14(12-16(15)20)18(9-5-2)10-11-19/h6-7,12-13,17,19-20H,4-5,8-11H2,1-3H3. The average Bonchev–Trinajstić information content (AvgIpc) is 2.44. The Morgan fingerprint density at radius 1 is 1.20 bits per heavy atom. The number of phenolic OH excluding ortho intramolecular Hbond substituents is 1. The van der Waals surface area contributed by atoms with Crippen LogP contribution < -0.4 is 10.2 Å². The number of aromatic hydroxyl groups is 1. The maximum absolute atomic E-state index is 10.2. The van der Waals surface area contributed by atoms with Crippen LogP contribution in [0.1, 0.15) is 45.2 Å². The first-order valence-electron chi connectivity index (χ1n) is 7.56. The zero-order chi connectivity index (χ0) is 15.0. The van der Waals surface area contributed by atoms with Gasteiger partial charge in [0.1, 0.15) is 5.75 Å². The van der Waals surface area contributed by atoms with Crippen molar-refractivity contribution < 1.29 is 10.2 Å². The highest BCUT2D eigenvalue weighted by atomic mass is 16.3. The molecule has 0 aliphatic heterocycles. The summed E-state index contributed by atoms with van der Waals surface area (Å²) < 4.78 is 0. The number of hydrogen-bond acceptors (Lipinski definition) is 4. The number of nitrogens with zero attached hydrogens (tertiary/aromatic N) is 1. The van der Waals surface area contributed by atoms with Crippen molar-refractivity contribution in [2.45, 2.75) is 39.7 Å². The van der Waals surface area contributed by atoms with Crippen molar-refractivity contribution in [3.05, 3.63) is 23.8 Å². The van der Waals surface area contributed by atoms with E-state index in [1.807, 2.05) is 12.1 Å². The fourth-order valence-electron chi connectivity index (χ4n) is 2.33. The van der Waals surface area contributed by atoms with Crippen LogP contribution in [-0.4, -0.2) is 36.5 Å². The van der Waals surface area contributed by atoms with Gasteiger partial charge in [-0.2, -0.15) is 0 Å². The van der Waals surface area contributed by atoms with Gasteiger partial charge in [0.25, 0.3) is 0 Å². The molecule has 1 atom stereocenters. The molecular weight excluding hydrogens is 252 g/mol. The number of rotatable bonds is 9. The van der Waals surface area contributed by atoms with Crippen molar-refractivity contribution in [1.82, 2.24) is 5.32 Å². The van der Waals surface area contributed by atoms with E-state index in [4.69, 9.17) is 5.11 Å². The third kappa shape index (κ3) is 4.69. The molecule has 1 aromatic carbocycles. The van der Waals surface area contributed by atoms with Crippen molar-refractivity contribution in [3.63, 3.8) is 0 Å². The summed E-state index contributed by atoms with van der Waals surface area (Å²) in [4.78, 5) is 2.09. The Kier molecular flexibility index (Phi) is 7.41. The zero-order valence-electron chi connectivity index (χ0n) is 12.9. The molecule has 1 aromatic rings. The molecule has 0 heterocycles. The lowest BCUT2D eigenvalue weighted by atomic mass is 10.1. The number of aliphatic hydroxyl groups is 1. The second-order valence-electron chi connectivity index (χ2n) is 5.13. The number of nitrogens with one attached hydrogen (secondary N) is 1. The minimum Gasteiger partial charge on any atom is -0.508 e. The summed E-state index contributed by atoms with van der Waals surface area (Å²) >= 11 is 0. The van der Waals surface area contributed by atoms with E-state index in [1.54, 1.807) is 6.07 Å². The van der Waals surface area contributed by atoms with Crippen molar-refractivity contribution in [3.8, 4) is 5.75 Å². The van der Waals surface area contributed by atoms with Gasteiger partial charge in [-0.1, -0.05) is 19.9 Å². The molecule has 0 aliphatic carbocycles. The Bertz CT molecular complexity index is 390. The van der Waals surface area contributed by atoms with E-state index < -0.39 is 0 Å². The molecule has 114 valence electrons. The van der Waals surface area contributed by atoms with E-state index in [-0.39, 0.29) is 12.6 Å². The minimum atomic E-state index is 0.122. The lowest BCUT2D eigenvalue weighted by Crippen LogP contribution is -2.27. The molecule has 1 rings (SSSR count). The van der Waals surface area contributed by atoms with E-state index in [0.717, 1.165) is 37.2 Å². The van der Waals surface area contributed by atoms with Crippen LogP contribution >= 0.6 is 0 Å². The minimum absolute atomic E-state index is 0.122. The molecule has 3 N–H and O–H groups in total. The molecule has 0 aliphatic rings. The van der Waals surface area contributed by atoms with Gasteiger partial charge in [-0.05, 0) is 32.4 Å². The van der Waals surface area contributed by atoms with Crippen LogP contribution in [0.2, 0.25) is 0 Å². The Balaban J connectivity index is 2.84. The van der Waals surface area contributed by atoms with E-state index in [0.29, 0.717) is 12.3 Å². The Morgan fingerprint density at radius 3 is 2.50 bits per heavy atom. The van der Waals surface area contributed by atoms with Crippen LogP contribution in [0.5, 0.6) is 5.75 Å². The van der Waals surface area contributed by atoms with Gasteiger partial charge in [0.15, 0.2) is 0 Å². The summed E-state index contributed by atoms with van der Waals surface area (Å²) in [7, 11) is 0. The zero-order valence-corrected chi connectivity index (χ0v) is 12.9. The predicted molar refractivity (Wildman–Crippen MR) is 84.4 cm³/mol. The molecule has 4 heteroatoms. The van der Waals surface area contributed by atoms with Gasteiger partial charge in [0, 0.05) is 36.4 Å². The fourth-order valence-corrected chi connectivity index (χ4v) is 2.33. The largest absolute Gasteiger partial charge is 0.508 e. The Hall–Kier alpha value is -1.26.